The highest BCUT2D eigenvalue weighted by Crippen LogP contribution is 2.48. The van der Waals surface area contributed by atoms with E-state index in [1.807, 2.05) is 30.3 Å². The summed E-state index contributed by atoms with van der Waals surface area (Å²) in [6, 6.07) is 10.6. The number of nitrogens with zero attached hydrogens (tertiary/aromatic N) is 3. The Morgan fingerprint density at radius 2 is 1.85 bits per heavy atom. The van der Waals surface area contributed by atoms with E-state index in [0.717, 1.165) is 49.2 Å². The Morgan fingerprint density at radius 3 is 2.58 bits per heavy atom. The van der Waals surface area contributed by atoms with E-state index in [-0.39, 0.29) is 17.4 Å². The van der Waals surface area contributed by atoms with E-state index in [1.54, 1.807) is 0 Å². The smallest absolute Gasteiger partial charge is 0.224 e. The van der Waals surface area contributed by atoms with Crippen LogP contribution in [-0.4, -0.2) is 33.8 Å². The minimum atomic E-state index is -0.760. The standard InChI is InChI=1S/C20H22ClN3O2/c21-19-22-17-12-26-9-8-16(17)18(23-19)24-14-6-7-15(24)11-20(25,10-14)13-4-2-1-3-5-13/h1-5,14-15,25H,6-12H2. The lowest BCUT2D eigenvalue weighted by molar-refractivity contribution is -0.00330. The number of ether oxygens (including phenoxy) is 1. The summed E-state index contributed by atoms with van der Waals surface area (Å²) in [6.07, 6.45) is 4.42. The lowest BCUT2D eigenvalue weighted by Gasteiger charge is -2.45. The Balaban J connectivity index is 1.51. The number of hydrogen-bond donors (Lipinski definition) is 1. The van der Waals surface area contributed by atoms with Gasteiger partial charge in [0.2, 0.25) is 5.28 Å². The molecule has 0 aliphatic carbocycles. The van der Waals surface area contributed by atoms with Crippen molar-refractivity contribution in [3.05, 3.63) is 52.4 Å². The zero-order valence-electron chi connectivity index (χ0n) is 14.6. The van der Waals surface area contributed by atoms with Crippen LogP contribution in [0.1, 0.15) is 42.5 Å². The number of hydrogen-bond acceptors (Lipinski definition) is 5. The first-order chi connectivity index (χ1) is 12.6. The molecule has 3 aliphatic heterocycles. The summed E-state index contributed by atoms with van der Waals surface area (Å²) in [5.41, 5.74) is 2.34. The molecule has 5 rings (SSSR count). The Morgan fingerprint density at radius 1 is 1.12 bits per heavy atom. The summed E-state index contributed by atoms with van der Waals surface area (Å²) in [7, 11) is 0. The highest BCUT2D eigenvalue weighted by atomic mass is 35.5. The van der Waals surface area contributed by atoms with Crippen molar-refractivity contribution in [1.82, 2.24) is 9.97 Å². The number of benzene rings is 1. The molecule has 2 aromatic rings. The van der Waals surface area contributed by atoms with Crippen molar-refractivity contribution in [3.8, 4) is 0 Å². The molecule has 1 aromatic heterocycles. The second-order valence-corrected chi connectivity index (χ2v) is 7.98. The minimum absolute atomic E-state index is 0.275. The van der Waals surface area contributed by atoms with Crippen molar-refractivity contribution in [1.29, 1.82) is 0 Å². The van der Waals surface area contributed by atoms with Crippen molar-refractivity contribution in [2.24, 2.45) is 0 Å². The normalized spacial score (nSPS) is 30.3. The summed E-state index contributed by atoms with van der Waals surface area (Å²) < 4.78 is 5.55. The van der Waals surface area contributed by atoms with Crippen LogP contribution in [0.2, 0.25) is 5.28 Å². The van der Waals surface area contributed by atoms with E-state index in [4.69, 9.17) is 16.3 Å². The van der Waals surface area contributed by atoms with Crippen LogP contribution in [0.5, 0.6) is 0 Å². The van der Waals surface area contributed by atoms with Gasteiger partial charge in [0, 0.05) is 36.9 Å². The van der Waals surface area contributed by atoms with Crippen LogP contribution in [0.3, 0.4) is 0 Å². The van der Waals surface area contributed by atoms with Crippen LogP contribution in [0.4, 0.5) is 5.82 Å². The summed E-state index contributed by atoms with van der Waals surface area (Å²) in [5.74, 6) is 0.964. The molecule has 4 heterocycles. The van der Waals surface area contributed by atoms with Crippen LogP contribution in [0.15, 0.2) is 30.3 Å². The number of fused-ring (bicyclic) bond motifs is 3. The van der Waals surface area contributed by atoms with Crippen LogP contribution >= 0.6 is 11.6 Å². The molecule has 3 aliphatic rings. The molecular formula is C20H22ClN3O2. The molecule has 26 heavy (non-hydrogen) atoms. The van der Waals surface area contributed by atoms with Crippen molar-refractivity contribution in [2.75, 3.05) is 11.5 Å². The van der Waals surface area contributed by atoms with Crippen LogP contribution in [0, 0.1) is 0 Å². The van der Waals surface area contributed by atoms with Gasteiger partial charge in [-0.15, -0.1) is 0 Å². The van der Waals surface area contributed by atoms with Gasteiger partial charge in [0.05, 0.1) is 24.5 Å². The third kappa shape index (κ3) is 2.61. The van der Waals surface area contributed by atoms with Crippen LogP contribution in [0.25, 0.3) is 0 Å². The molecule has 1 aromatic carbocycles. The van der Waals surface area contributed by atoms with Crippen molar-refractivity contribution in [2.45, 2.75) is 56.4 Å². The number of piperidine rings is 1. The summed E-state index contributed by atoms with van der Waals surface area (Å²) >= 11 is 6.21. The monoisotopic (exact) mass is 371 g/mol. The van der Waals surface area contributed by atoms with E-state index >= 15 is 0 Å². The molecule has 0 amide bonds. The average Bonchev–Trinajstić information content (AvgIpc) is 2.93. The van der Waals surface area contributed by atoms with E-state index in [0.29, 0.717) is 13.2 Å². The van der Waals surface area contributed by atoms with Gasteiger partial charge in [0.25, 0.3) is 0 Å². The van der Waals surface area contributed by atoms with Gasteiger partial charge in [0.15, 0.2) is 0 Å². The second kappa shape index (κ2) is 6.19. The first-order valence-electron chi connectivity index (χ1n) is 9.33. The molecule has 0 spiro atoms. The van der Waals surface area contributed by atoms with E-state index in [1.165, 1.54) is 5.56 Å². The Hall–Kier alpha value is -1.69. The van der Waals surface area contributed by atoms with Crippen molar-refractivity contribution < 1.29 is 9.84 Å². The van der Waals surface area contributed by atoms with Gasteiger partial charge < -0.3 is 14.7 Å². The number of anilines is 1. The molecule has 2 fully saturated rings. The first-order valence-corrected chi connectivity index (χ1v) is 9.71. The largest absolute Gasteiger partial charge is 0.385 e. The molecule has 0 saturated carbocycles. The molecular weight excluding hydrogens is 350 g/mol. The van der Waals surface area contributed by atoms with Gasteiger partial charge in [0.1, 0.15) is 5.82 Å². The number of aromatic nitrogens is 2. The highest BCUT2D eigenvalue weighted by molar-refractivity contribution is 6.28. The fourth-order valence-electron chi connectivity index (χ4n) is 4.97. The predicted octanol–water partition coefficient (Wildman–Crippen LogP) is 3.22. The lowest BCUT2D eigenvalue weighted by atomic mass is 9.80. The zero-order chi connectivity index (χ0) is 17.7. The lowest BCUT2D eigenvalue weighted by Crippen LogP contribution is -2.50. The maximum atomic E-state index is 11.4. The summed E-state index contributed by atoms with van der Waals surface area (Å²) in [5, 5.41) is 11.7. The van der Waals surface area contributed by atoms with Gasteiger partial charge in [-0.2, -0.15) is 0 Å². The Kier molecular flexibility index (Phi) is 3.92. The van der Waals surface area contributed by atoms with E-state index in [9.17, 15) is 5.11 Å². The molecule has 2 saturated heterocycles. The van der Waals surface area contributed by atoms with Gasteiger partial charge in [-0.05, 0) is 30.0 Å². The third-order valence-electron chi connectivity index (χ3n) is 6.10. The summed E-state index contributed by atoms with van der Waals surface area (Å²) in [6.45, 7) is 1.20. The van der Waals surface area contributed by atoms with Gasteiger partial charge in [-0.25, -0.2) is 9.97 Å². The fraction of sp³-hybridized carbons (Fsp3) is 0.500. The molecule has 0 radical (unpaired) electrons. The molecule has 6 heteroatoms. The Bertz CT molecular complexity index is 815. The average molecular weight is 372 g/mol. The molecule has 136 valence electrons. The maximum Gasteiger partial charge on any atom is 0.224 e. The van der Waals surface area contributed by atoms with E-state index < -0.39 is 5.60 Å². The minimum Gasteiger partial charge on any atom is -0.385 e. The highest BCUT2D eigenvalue weighted by Gasteiger charge is 2.49. The van der Waals surface area contributed by atoms with Crippen molar-refractivity contribution in [3.63, 3.8) is 0 Å². The Labute approximate surface area is 158 Å². The van der Waals surface area contributed by atoms with Gasteiger partial charge in [-0.1, -0.05) is 30.3 Å². The quantitative estimate of drug-likeness (QED) is 0.821. The van der Waals surface area contributed by atoms with Gasteiger partial charge in [-0.3, -0.25) is 0 Å². The number of rotatable bonds is 2. The first kappa shape index (κ1) is 16.5. The SMILES string of the molecule is OC1(c2ccccc2)CC2CCC(C1)N2c1nc(Cl)nc2c1CCOC2. The topological polar surface area (TPSA) is 58.5 Å². The maximum absolute atomic E-state index is 11.4. The number of halogens is 1. The zero-order valence-corrected chi connectivity index (χ0v) is 15.3. The third-order valence-corrected chi connectivity index (χ3v) is 6.27. The molecule has 2 bridgehead atoms. The molecule has 2 unspecified atom stereocenters. The molecule has 5 nitrogen and oxygen atoms in total. The van der Waals surface area contributed by atoms with E-state index in [2.05, 4.69) is 14.9 Å². The second-order valence-electron chi connectivity index (χ2n) is 7.64. The van der Waals surface area contributed by atoms with Crippen molar-refractivity contribution >= 4 is 17.4 Å². The number of aliphatic hydroxyl groups is 1. The van der Waals surface area contributed by atoms with Crippen LogP contribution < -0.4 is 4.90 Å². The summed E-state index contributed by atoms with van der Waals surface area (Å²) in [4.78, 5) is 11.4. The predicted molar refractivity (Wildman–Crippen MR) is 99.3 cm³/mol. The molecule has 1 N–H and O–H groups in total. The molecule has 2 atom stereocenters. The fourth-order valence-corrected chi connectivity index (χ4v) is 5.16. The van der Waals surface area contributed by atoms with Crippen LogP contribution in [-0.2, 0) is 23.4 Å². The van der Waals surface area contributed by atoms with Gasteiger partial charge >= 0.3 is 0 Å².